The Morgan fingerprint density at radius 2 is 1.28 bits per heavy atom. The topological polar surface area (TPSA) is 50.3 Å². The van der Waals surface area contributed by atoms with Crippen LogP contribution in [0.25, 0.3) is 5.69 Å². The van der Waals surface area contributed by atoms with Crippen molar-refractivity contribution >= 4 is 17.2 Å². The summed E-state index contributed by atoms with van der Waals surface area (Å²) in [6.45, 7) is 5.78. The summed E-state index contributed by atoms with van der Waals surface area (Å²) in [5.41, 5.74) is 10.4. The lowest BCUT2D eigenvalue weighted by molar-refractivity contribution is 0.637. The molecule has 1 aliphatic heterocycles. The normalized spacial score (nSPS) is 14.8. The second-order valence-electron chi connectivity index (χ2n) is 6.38. The van der Waals surface area contributed by atoms with E-state index in [1.54, 1.807) is 0 Å². The van der Waals surface area contributed by atoms with Crippen LogP contribution in [0.1, 0.15) is 5.69 Å². The summed E-state index contributed by atoms with van der Waals surface area (Å²) < 4.78 is 1.98. The summed E-state index contributed by atoms with van der Waals surface area (Å²) in [5, 5.41) is 4.67. The van der Waals surface area contributed by atoms with Gasteiger partial charge in [-0.1, -0.05) is 36.4 Å². The Morgan fingerprint density at radius 1 is 0.760 bits per heavy atom. The Bertz CT molecular complexity index is 833. The van der Waals surface area contributed by atoms with Gasteiger partial charge in [-0.15, -0.1) is 0 Å². The molecule has 5 heteroatoms. The third-order valence-electron chi connectivity index (χ3n) is 4.78. The number of para-hydroxylation sites is 2. The maximum Gasteiger partial charge on any atom is 0.156 e. The van der Waals surface area contributed by atoms with Crippen molar-refractivity contribution < 1.29 is 0 Å². The van der Waals surface area contributed by atoms with Crippen molar-refractivity contribution in [3.8, 4) is 5.69 Å². The molecule has 2 aromatic carbocycles. The molecular formula is C20H23N5. The predicted molar refractivity (Wildman–Crippen MR) is 104 cm³/mol. The van der Waals surface area contributed by atoms with E-state index in [1.165, 1.54) is 5.69 Å². The fraction of sp³-hybridized carbons (Fsp3) is 0.250. The number of aromatic nitrogens is 2. The molecule has 0 bridgehead atoms. The first-order valence-corrected chi connectivity index (χ1v) is 8.69. The summed E-state index contributed by atoms with van der Waals surface area (Å²) >= 11 is 0. The van der Waals surface area contributed by atoms with Crippen molar-refractivity contribution in [3.05, 3.63) is 66.4 Å². The van der Waals surface area contributed by atoms with Gasteiger partial charge in [-0.3, -0.25) is 0 Å². The summed E-state index contributed by atoms with van der Waals surface area (Å²) in [6.07, 6.45) is 0. The molecule has 25 heavy (non-hydrogen) atoms. The highest BCUT2D eigenvalue weighted by atomic mass is 15.4. The van der Waals surface area contributed by atoms with Gasteiger partial charge in [-0.05, 0) is 31.2 Å². The molecule has 2 heterocycles. The number of aryl methyl sites for hydroxylation is 1. The molecule has 1 aromatic heterocycles. The van der Waals surface area contributed by atoms with Gasteiger partial charge >= 0.3 is 0 Å². The van der Waals surface area contributed by atoms with Gasteiger partial charge in [0.2, 0.25) is 0 Å². The van der Waals surface area contributed by atoms with Crippen molar-refractivity contribution in [2.45, 2.75) is 6.92 Å². The fourth-order valence-electron chi connectivity index (χ4n) is 3.40. The van der Waals surface area contributed by atoms with E-state index in [1.807, 2.05) is 29.8 Å². The largest absolute Gasteiger partial charge is 0.394 e. The van der Waals surface area contributed by atoms with Gasteiger partial charge in [0.25, 0.3) is 0 Å². The van der Waals surface area contributed by atoms with Crippen LogP contribution in [0.15, 0.2) is 60.7 Å². The number of nitrogens with zero attached hydrogens (tertiary/aromatic N) is 4. The Labute approximate surface area is 148 Å². The molecule has 0 amide bonds. The monoisotopic (exact) mass is 333 g/mol. The van der Waals surface area contributed by atoms with Crippen LogP contribution in [0.5, 0.6) is 0 Å². The Kier molecular flexibility index (Phi) is 4.06. The molecule has 1 aliphatic rings. The lowest BCUT2D eigenvalue weighted by Crippen LogP contribution is -2.47. The number of rotatable bonds is 3. The average molecular weight is 333 g/mol. The van der Waals surface area contributed by atoms with Crippen LogP contribution in [0.4, 0.5) is 17.2 Å². The van der Waals surface area contributed by atoms with Gasteiger partial charge in [0.05, 0.1) is 17.1 Å². The molecule has 0 unspecified atom stereocenters. The molecule has 1 saturated heterocycles. The Morgan fingerprint density at radius 3 is 1.88 bits per heavy atom. The zero-order valence-corrected chi connectivity index (χ0v) is 14.5. The SMILES string of the molecule is Cc1nn(-c2ccccc2)c(N2CCN(c3ccccc3)CC2)c1N. The molecule has 1 fully saturated rings. The lowest BCUT2D eigenvalue weighted by atomic mass is 10.2. The van der Waals surface area contributed by atoms with Crippen LogP contribution >= 0.6 is 0 Å². The van der Waals surface area contributed by atoms with E-state index < -0.39 is 0 Å². The summed E-state index contributed by atoms with van der Waals surface area (Å²) in [7, 11) is 0. The highest BCUT2D eigenvalue weighted by Crippen LogP contribution is 2.30. The van der Waals surface area contributed by atoms with Crippen molar-refractivity contribution in [2.75, 3.05) is 41.7 Å². The molecule has 0 aliphatic carbocycles. The van der Waals surface area contributed by atoms with E-state index in [0.717, 1.165) is 49.1 Å². The van der Waals surface area contributed by atoms with Crippen molar-refractivity contribution in [2.24, 2.45) is 0 Å². The average Bonchev–Trinajstić information content (AvgIpc) is 2.98. The van der Waals surface area contributed by atoms with Crippen LogP contribution in [0.2, 0.25) is 0 Å². The van der Waals surface area contributed by atoms with Crippen LogP contribution in [0, 0.1) is 6.92 Å². The number of piperazine rings is 1. The van der Waals surface area contributed by atoms with Crippen LogP contribution in [-0.4, -0.2) is 36.0 Å². The summed E-state index contributed by atoms with van der Waals surface area (Å²) in [6, 6.07) is 20.8. The van der Waals surface area contributed by atoms with E-state index in [2.05, 4.69) is 57.4 Å². The number of hydrogen-bond donors (Lipinski definition) is 1. The van der Waals surface area contributed by atoms with Crippen LogP contribution in [0.3, 0.4) is 0 Å². The third kappa shape index (κ3) is 2.93. The molecule has 0 atom stereocenters. The second kappa shape index (κ2) is 6.51. The van der Waals surface area contributed by atoms with Gasteiger partial charge in [0, 0.05) is 31.9 Å². The minimum Gasteiger partial charge on any atom is -0.394 e. The first kappa shape index (κ1) is 15.6. The van der Waals surface area contributed by atoms with Gasteiger partial charge in [0.1, 0.15) is 0 Å². The maximum absolute atomic E-state index is 6.38. The molecule has 0 saturated carbocycles. The highest BCUT2D eigenvalue weighted by Gasteiger charge is 2.24. The van der Waals surface area contributed by atoms with Crippen LogP contribution in [-0.2, 0) is 0 Å². The van der Waals surface area contributed by atoms with Gasteiger partial charge < -0.3 is 15.5 Å². The quantitative estimate of drug-likeness (QED) is 0.800. The van der Waals surface area contributed by atoms with Gasteiger partial charge in [0.15, 0.2) is 5.82 Å². The maximum atomic E-state index is 6.38. The smallest absolute Gasteiger partial charge is 0.156 e. The molecule has 128 valence electrons. The zero-order valence-electron chi connectivity index (χ0n) is 14.5. The van der Waals surface area contributed by atoms with E-state index in [0.29, 0.717) is 0 Å². The second-order valence-corrected chi connectivity index (χ2v) is 6.38. The third-order valence-corrected chi connectivity index (χ3v) is 4.78. The van der Waals surface area contributed by atoms with Gasteiger partial charge in [-0.25, -0.2) is 4.68 Å². The standard InChI is InChI=1S/C20H23N5/c1-16-19(21)20(25(22-16)18-10-6-3-7-11-18)24-14-12-23(13-15-24)17-8-4-2-5-9-17/h2-11H,12-15,21H2,1H3. The molecule has 2 N–H and O–H groups in total. The van der Waals surface area contributed by atoms with Crippen molar-refractivity contribution in [1.82, 2.24) is 9.78 Å². The number of nitrogens with two attached hydrogens (primary N) is 1. The molecule has 4 rings (SSSR count). The van der Waals surface area contributed by atoms with E-state index in [-0.39, 0.29) is 0 Å². The first-order valence-electron chi connectivity index (χ1n) is 8.69. The lowest BCUT2D eigenvalue weighted by Gasteiger charge is -2.37. The molecular weight excluding hydrogens is 310 g/mol. The number of benzene rings is 2. The summed E-state index contributed by atoms with van der Waals surface area (Å²) in [4.78, 5) is 4.77. The van der Waals surface area contributed by atoms with Crippen molar-refractivity contribution in [1.29, 1.82) is 0 Å². The molecule has 0 radical (unpaired) electrons. The minimum absolute atomic E-state index is 0.775. The number of anilines is 3. The first-order chi connectivity index (χ1) is 12.2. The molecule has 3 aromatic rings. The zero-order chi connectivity index (χ0) is 17.2. The van der Waals surface area contributed by atoms with E-state index in [9.17, 15) is 0 Å². The molecule has 0 spiro atoms. The van der Waals surface area contributed by atoms with Crippen molar-refractivity contribution in [3.63, 3.8) is 0 Å². The number of hydrogen-bond acceptors (Lipinski definition) is 4. The molecule has 5 nitrogen and oxygen atoms in total. The Balaban J connectivity index is 1.59. The van der Waals surface area contributed by atoms with Gasteiger partial charge in [-0.2, -0.15) is 5.10 Å². The number of nitrogen functional groups attached to an aromatic ring is 1. The van der Waals surface area contributed by atoms with E-state index in [4.69, 9.17) is 5.73 Å². The predicted octanol–water partition coefficient (Wildman–Crippen LogP) is 3.09. The summed E-state index contributed by atoms with van der Waals surface area (Å²) in [5.74, 6) is 1.01. The Hall–Kier alpha value is -2.95. The minimum atomic E-state index is 0.775. The van der Waals surface area contributed by atoms with E-state index >= 15 is 0 Å². The highest BCUT2D eigenvalue weighted by molar-refractivity contribution is 5.69. The fourth-order valence-corrected chi connectivity index (χ4v) is 3.40. The van der Waals surface area contributed by atoms with Crippen LogP contribution < -0.4 is 15.5 Å².